The lowest BCUT2D eigenvalue weighted by Crippen LogP contribution is -2.02. The van der Waals surface area contributed by atoms with Crippen LogP contribution in [0.1, 0.15) is 30.1 Å². The highest BCUT2D eigenvalue weighted by atomic mass is 127. The zero-order valence-electron chi connectivity index (χ0n) is 11.9. The molecule has 1 atom stereocenters. The Morgan fingerprint density at radius 3 is 2.45 bits per heavy atom. The number of aliphatic carboxylic acids is 1. The van der Waals surface area contributed by atoms with Gasteiger partial charge in [-0.05, 0) is 52.8 Å². The molecule has 0 aliphatic rings. The molecule has 0 bridgehead atoms. The van der Waals surface area contributed by atoms with Crippen molar-refractivity contribution in [2.75, 3.05) is 0 Å². The van der Waals surface area contributed by atoms with Gasteiger partial charge in [-0.1, -0.05) is 30.3 Å². The molecule has 5 heteroatoms. The largest absolute Gasteiger partial charge is 0.489 e. The molecule has 0 spiro atoms. The molecule has 22 heavy (non-hydrogen) atoms. The Bertz CT molecular complexity index is 625. The lowest BCUT2D eigenvalue weighted by atomic mass is 10.1. The summed E-state index contributed by atoms with van der Waals surface area (Å²) in [4.78, 5) is 10.5. The van der Waals surface area contributed by atoms with Gasteiger partial charge in [0.05, 0.1) is 6.10 Å². The first-order valence-electron chi connectivity index (χ1n) is 6.92. The summed E-state index contributed by atoms with van der Waals surface area (Å²) in [5.74, 6) is -0.190. The molecular weight excluding hydrogens is 395 g/mol. The normalized spacial score (nSPS) is 11.9. The van der Waals surface area contributed by atoms with Crippen molar-refractivity contribution in [3.8, 4) is 5.75 Å². The van der Waals surface area contributed by atoms with Crippen LogP contribution in [0.2, 0.25) is 0 Å². The maximum absolute atomic E-state index is 10.5. The monoisotopic (exact) mass is 412 g/mol. The Labute approximate surface area is 142 Å². The summed E-state index contributed by atoms with van der Waals surface area (Å²) in [6, 6.07) is 15.1. The van der Waals surface area contributed by atoms with Gasteiger partial charge in [-0.25, -0.2) is 0 Å². The van der Waals surface area contributed by atoms with Crippen molar-refractivity contribution in [1.29, 1.82) is 0 Å². The van der Waals surface area contributed by atoms with Crippen LogP contribution in [-0.2, 0) is 11.4 Å². The van der Waals surface area contributed by atoms with Gasteiger partial charge >= 0.3 is 5.97 Å². The molecule has 2 aromatic carbocycles. The number of ether oxygens (including phenoxy) is 1. The Hall–Kier alpha value is -1.60. The Balaban J connectivity index is 1.91. The smallest absolute Gasteiger partial charge is 0.303 e. The summed E-state index contributed by atoms with van der Waals surface area (Å²) in [5, 5.41) is 18.5. The Morgan fingerprint density at radius 2 is 1.82 bits per heavy atom. The van der Waals surface area contributed by atoms with Gasteiger partial charge in [-0.15, -0.1) is 0 Å². The molecular formula is C17H17IO4. The van der Waals surface area contributed by atoms with Crippen molar-refractivity contribution >= 4 is 28.6 Å². The van der Waals surface area contributed by atoms with Gasteiger partial charge in [-0.3, -0.25) is 4.79 Å². The molecule has 2 aromatic rings. The minimum atomic E-state index is -0.906. The third-order valence-electron chi connectivity index (χ3n) is 3.25. The van der Waals surface area contributed by atoms with Crippen LogP contribution in [0.5, 0.6) is 5.75 Å². The molecule has 0 heterocycles. The SMILES string of the molecule is O=C(O)CC[C@H](O)c1ccc(OCc2ccccc2I)cc1. The molecule has 116 valence electrons. The second kappa shape index (κ2) is 8.14. The standard InChI is InChI=1S/C17H17IO4/c18-15-4-2-1-3-13(15)11-22-14-7-5-12(6-8-14)16(19)9-10-17(20)21/h1-8,16,19H,9-11H2,(H,20,21)/t16-/m0/s1. The fourth-order valence-electron chi connectivity index (χ4n) is 1.99. The number of halogens is 1. The number of carbonyl (C=O) groups is 1. The first-order chi connectivity index (χ1) is 10.6. The summed E-state index contributed by atoms with van der Waals surface area (Å²) >= 11 is 2.27. The zero-order valence-corrected chi connectivity index (χ0v) is 14.1. The van der Waals surface area contributed by atoms with Crippen molar-refractivity contribution < 1.29 is 19.7 Å². The summed E-state index contributed by atoms with van der Waals surface area (Å²) in [5.41, 5.74) is 1.82. The number of hydrogen-bond acceptors (Lipinski definition) is 3. The van der Waals surface area contributed by atoms with Gasteiger partial charge in [0.15, 0.2) is 0 Å². The molecule has 0 saturated carbocycles. The minimum Gasteiger partial charge on any atom is -0.489 e. The zero-order chi connectivity index (χ0) is 15.9. The van der Waals surface area contributed by atoms with Crippen molar-refractivity contribution in [1.82, 2.24) is 0 Å². The highest BCUT2D eigenvalue weighted by molar-refractivity contribution is 14.1. The molecule has 0 fully saturated rings. The van der Waals surface area contributed by atoms with Crippen molar-refractivity contribution in [3.05, 3.63) is 63.2 Å². The van der Waals surface area contributed by atoms with E-state index in [0.717, 1.165) is 9.13 Å². The van der Waals surface area contributed by atoms with E-state index in [1.165, 1.54) is 0 Å². The number of carboxylic acids is 1. The van der Waals surface area contributed by atoms with Crippen LogP contribution < -0.4 is 4.74 Å². The second-order valence-electron chi connectivity index (χ2n) is 4.90. The van der Waals surface area contributed by atoms with Gasteiger partial charge in [0.2, 0.25) is 0 Å². The molecule has 0 unspecified atom stereocenters. The predicted octanol–water partition coefficient (Wildman–Crippen LogP) is 3.77. The van der Waals surface area contributed by atoms with Gasteiger partial charge in [0, 0.05) is 15.6 Å². The van der Waals surface area contributed by atoms with E-state index >= 15 is 0 Å². The number of aliphatic hydroxyl groups excluding tert-OH is 1. The number of carboxylic acid groups (broad SMARTS) is 1. The number of hydrogen-bond donors (Lipinski definition) is 2. The highest BCUT2D eigenvalue weighted by Crippen LogP contribution is 2.22. The van der Waals surface area contributed by atoms with Crippen molar-refractivity contribution in [2.45, 2.75) is 25.6 Å². The maximum Gasteiger partial charge on any atom is 0.303 e. The minimum absolute atomic E-state index is 0.0497. The highest BCUT2D eigenvalue weighted by Gasteiger charge is 2.10. The first-order valence-corrected chi connectivity index (χ1v) is 8.00. The number of aliphatic hydroxyl groups is 1. The molecule has 0 amide bonds. The molecule has 0 aliphatic carbocycles. The molecule has 2 rings (SSSR count). The summed E-state index contributed by atoms with van der Waals surface area (Å²) in [6.07, 6.45) is -0.607. The van der Waals surface area contributed by atoms with Crippen LogP contribution in [0.25, 0.3) is 0 Å². The van der Waals surface area contributed by atoms with Crippen molar-refractivity contribution in [3.63, 3.8) is 0 Å². The van der Waals surface area contributed by atoms with Crippen LogP contribution in [0.4, 0.5) is 0 Å². The van der Waals surface area contributed by atoms with E-state index in [2.05, 4.69) is 22.6 Å². The summed E-state index contributed by atoms with van der Waals surface area (Å²) in [7, 11) is 0. The summed E-state index contributed by atoms with van der Waals surface area (Å²) < 4.78 is 6.88. The first kappa shape index (κ1) is 16.8. The van der Waals surface area contributed by atoms with Crippen LogP contribution in [0, 0.1) is 3.57 Å². The van der Waals surface area contributed by atoms with Crippen LogP contribution in [0.3, 0.4) is 0 Å². The molecule has 0 aromatic heterocycles. The van der Waals surface area contributed by atoms with E-state index < -0.39 is 12.1 Å². The van der Waals surface area contributed by atoms with Crippen molar-refractivity contribution in [2.24, 2.45) is 0 Å². The van der Waals surface area contributed by atoms with Crippen LogP contribution >= 0.6 is 22.6 Å². The number of rotatable bonds is 7. The molecule has 0 aliphatic heterocycles. The third-order valence-corrected chi connectivity index (χ3v) is 4.30. The Morgan fingerprint density at radius 1 is 1.14 bits per heavy atom. The maximum atomic E-state index is 10.5. The van der Waals surface area contributed by atoms with E-state index in [9.17, 15) is 9.90 Å². The fraction of sp³-hybridized carbons (Fsp3) is 0.235. The van der Waals surface area contributed by atoms with Crippen LogP contribution in [0.15, 0.2) is 48.5 Å². The van der Waals surface area contributed by atoms with E-state index in [-0.39, 0.29) is 12.8 Å². The van der Waals surface area contributed by atoms with E-state index in [1.54, 1.807) is 24.3 Å². The quantitative estimate of drug-likeness (QED) is 0.680. The topological polar surface area (TPSA) is 66.8 Å². The molecule has 0 saturated heterocycles. The molecule has 0 radical (unpaired) electrons. The fourth-order valence-corrected chi connectivity index (χ4v) is 2.53. The van der Waals surface area contributed by atoms with E-state index in [1.807, 2.05) is 24.3 Å². The van der Waals surface area contributed by atoms with Crippen LogP contribution in [-0.4, -0.2) is 16.2 Å². The predicted molar refractivity (Wildman–Crippen MR) is 91.8 cm³/mol. The van der Waals surface area contributed by atoms with E-state index in [4.69, 9.17) is 9.84 Å². The molecule has 2 N–H and O–H groups in total. The van der Waals surface area contributed by atoms with E-state index in [0.29, 0.717) is 17.9 Å². The van der Waals surface area contributed by atoms with Gasteiger partial charge in [0.1, 0.15) is 12.4 Å². The number of benzene rings is 2. The average molecular weight is 412 g/mol. The second-order valence-corrected chi connectivity index (χ2v) is 6.06. The lowest BCUT2D eigenvalue weighted by Gasteiger charge is -2.11. The lowest BCUT2D eigenvalue weighted by molar-refractivity contribution is -0.137. The third kappa shape index (κ3) is 4.99. The summed E-state index contributed by atoms with van der Waals surface area (Å²) in [6.45, 7) is 0.486. The molecule has 4 nitrogen and oxygen atoms in total. The van der Waals surface area contributed by atoms with Gasteiger partial charge in [0.25, 0.3) is 0 Å². The van der Waals surface area contributed by atoms with Gasteiger partial charge in [-0.2, -0.15) is 0 Å². The average Bonchev–Trinajstić information content (AvgIpc) is 2.52. The Kier molecular flexibility index (Phi) is 6.21. The van der Waals surface area contributed by atoms with Gasteiger partial charge < -0.3 is 14.9 Å².